The second-order valence-corrected chi connectivity index (χ2v) is 10.1. The maximum Gasteiger partial charge on any atom is 1.00 e. The Morgan fingerprint density at radius 3 is 1.82 bits per heavy atom. The summed E-state index contributed by atoms with van der Waals surface area (Å²) in [6.45, 7) is 0. The fraction of sp³-hybridized carbons (Fsp3) is 0. The molecule has 0 spiro atoms. The first-order valence-corrected chi connectivity index (χ1v) is 13.1. The third-order valence-electron chi connectivity index (χ3n) is 4.67. The van der Waals surface area contributed by atoms with Crippen molar-refractivity contribution in [3.8, 4) is 5.75 Å². The molecule has 0 saturated carbocycles. The fourth-order valence-electron chi connectivity index (χ4n) is 3.19. The number of phenols is 1. The van der Waals surface area contributed by atoms with Crippen molar-refractivity contribution in [1.29, 1.82) is 0 Å². The Bertz CT molecular complexity index is 1880. The van der Waals surface area contributed by atoms with Crippen LogP contribution in [-0.2, 0) is 30.8 Å². The van der Waals surface area contributed by atoms with Gasteiger partial charge in [0.1, 0.15) is 26.0 Å². The fourth-order valence-corrected chi connectivity index (χ4v) is 4.21. The van der Waals surface area contributed by atoms with Crippen LogP contribution in [0.15, 0.2) is 74.6 Å². The third-order valence-corrected chi connectivity index (χ3v) is 6.31. The summed E-state index contributed by atoms with van der Waals surface area (Å²) < 4.78 is 93.7. The molecule has 4 rings (SSSR count). The molecule has 0 saturated heterocycles. The van der Waals surface area contributed by atoms with Gasteiger partial charge in [-0.25, -0.2) is 16.8 Å². The molecular formula is C20H12N3Na3O10S3. The second kappa shape index (κ2) is 15.3. The largest absolute Gasteiger partial charge is 1.00 e. The Labute approximate surface area is 290 Å². The number of aromatic hydroxyl groups is 1. The zero-order chi connectivity index (χ0) is 26.8. The van der Waals surface area contributed by atoms with Crippen molar-refractivity contribution in [2.24, 2.45) is 10.2 Å². The minimum absolute atomic E-state index is 0. The van der Waals surface area contributed by atoms with E-state index in [-0.39, 0.29) is 117 Å². The minimum Gasteiger partial charge on any atom is -0.744 e. The Hall–Kier alpha value is -0.960. The molecule has 188 valence electrons. The van der Waals surface area contributed by atoms with E-state index in [2.05, 4.69) is 16.3 Å². The number of hydrogen-bond acceptors (Lipinski definition) is 13. The molecule has 0 heterocycles. The molecule has 0 atom stereocenters. The van der Waals surface area contributed by atoms with E-state index >= 15 is 0 Å². The molecule has 0 radical (unpaired) electrons. The van der Waals surface area contributed by atoms with Crippen LogP contribution in [0.3, 0.4) is 0 Å². The SMILES string of the molecule is Nc1ccc(N=Nc2cc[c-]c3ccc(S(=O)(=O)[O-])cc23)c2cc(S(=O)(=O)[O-])cc(O)c12.O=S(=O)=O.[Na+].[Na+].[Na+]. The number of nitrogens with zero attached hydrogens (tertiary/aromatic N) is 2. The molecule has 39 heavy (non-hydrogen) atoms. The molecule has 0 unspecified atom stereocenters. The number of anilines is 1. The van der Waals surface area contributed by atoms with E-state index in [1.807, 2.05) is 0 Å². The normalized spacial score (nSPS) is 11.0. The van der Waals surface area contributed by atoms with Gasteiger partial charge in [0.2, 0.25) is 0 Å². The van der Waals surface area contributed by atoms with Crippen LogP contribution in [-0.4, -0.2) is 43.7 Å². The van der Waals surface area contributed by atoms with Gasteiger partial charge in [-0.1, -0.05) is 17.5 Å². The van der Waals surface area contributed by atoms with E-state index in [1.54, 1.807) is 0 Å². The van der Waals surface area contributed by atoms with Gasteiger partial charge in [0.05, 0.1) is 10.6 Å². The van der Waals surface area contributed by atoms with Gasteiger partial charge in [-0.15, -0.1) is 42.3 Å². The third kappa shape index (κ3) is 9.82. The monoisotopic (exact) mass is 619 g/mol. The first-order chi connectivity index (χ1) is 16.7. The number of nitrogens with two attached hydrogens (primary N) is 1. The van der Waals surface area contributed by atoms with Gasteiger partial charge >= 0.3 is 99.3 Å². The van der Waals surface area contributed by atoms with Crippen LogP contribution < -0.4 is 94.4 Å². The van der Waals surface area contributed by atoms with E-state index in [0.29, 0.717) is 10.8 Å². The average Bonchev–Trinajstić information content (AvgIpc) is 2.76. The molecule has 19 heteroatoms. The molecule has 0 fully saturated rings. The van der Waals surface area contributed by atoms with Gasteiger partial charge in [-0.3, -0.25) is 0 Å². The molecule has 3 N–H and O–H groups in total. The molecule has 0 aliphatic carbocycles. The molecular weight excluding hydrogens is 607 g/mol. The van der Waals surface area contributed by atoms with Gasteiger partial charge in [0.25, 0.3) is 0 Å². The van der Waals surface area contributed by atoms with Gasteiger partial charge in [0.15, 0.2) is 0 Å². The van der Waals surface area contributed by atoms with Gasteiger partial charge in [-0.05, 0) is 24.3 Å². The molecule has 0 aliphatic heterocycles. The summed E-state index contributed by atoms with van der Waals surface area (Å²) in [5.41, 5.74) is 6.28. The van der Waals surface area contributed by atoms with Crippen molar-refractivity contribution in [2.75, 3.05) is 5.73 Å². The Kier molecular flexibility index (Phi) is 14.9. The molecule has 0 amide bonds. The first-order valence-electron chi connectivity index (χ1n) is 9.28. The van der Waals surface area contributed by atoms with Crippen LogP contribution in [0, 0.1) is 6.07 Å². The summed E-state index contributed by atoms with van der Waals surface area (Å²) in [5.74, 6) is -0.517. The number of rotatable bonds is 4. The van der Waals surface area contributed by atoms with Gasteiger partial charge in [-0.2, -0.15) is 10.2 Å². The summed E-state index contributed by atoms with van der Waals surface area (Å²) in [7, 11) is -12.7. The van der Waals surface area contributed by atoms with E-state index in [4.69, 9.17) is 18.4 Å². The van der Waals surface area contributed by atoms with Crippen LogP contribution in [0.1, 0.15) is 0 Å². The molecule has 0 bridgehead atoms. The number of nitrogen functional groups attached to an aromatic ring is 1. The van der Waals surface area contributed by atoms with E-state index in [9.17, 15) is 31.0 Å². The summed E-state index contributed by atoms with van der Waals surface area (Å²) >= 11 is 0. The molecule has 4 aromatic carbocycles. The van der Waals surface area contributed by atoms with Crippen molar-refractivity contribution < 1.29 is 132 Å². The maximum atomic E-state index is 11.4. The predicted octanol–water partition coefficient (Wildman–Crippen LogP) is -6.69. The number of hydrogen-bond donors (Lipinski definition) is 2. The summed E-state index contributed by atoms with van der Waals surface area (Å²) in [6, 6.07) is 14.3. The maximum absolute atomic E-state index is 11.4. The topological polar surface area (TPSA) is 237 Å². The average molecular weight is 619 g/mol. The summed E-state index contributed by atoms with van der Waals surface area (Å²) in [6.07, 6.45) is 0. The van der Waals surface area contributed by atoms with Crippen molar-refractivity contribution in [3.05, 3.63) is 60.7 Å². The number of fused-ring (bicyclic) bond motifs is 2. The quantitative estimate of drug-likeness (QED) is 0.0716. The van der Waals surface area contributed by atoms with Crippen LogP contribution in [0.4, 0.5) is 17.1 Å². The van der Waals surface area contributed by atoms with E-state index < -0.39 is 46.4 Å². The molecule has 0 aliphatic rings. The van der Waals surface area contributed by atoms with Crippen LogP contribution >= 0.6 is 0 Å². The van der Waals surface area contributed by atoms with Crippen molar-refractivity contribution in [3.63, 3.8) is 0 Å². The standard InChI is InChI=1S/C20H14N3O7S2.3Na.O3S/c21-16-6-7-18(15-9-13(32(28,29)30)10-19(24)20(15)16)23-22-17-3-1-2-11-4-5-12(8-14(11)17)31(25,26)27;;;;1-4(2)3/h1,3-10,24H,21H2,(H,25,26,27)(H,28,29,30);;;;/q-1;3*+1;/p-2. The number of phenolic OH excluding ortho intramolecular Hbond substituents is 1. The first kappa shape index (κ1) is 38.0. The Morgan fingerprint density at radius 2 is 1.28 bits per heavy atom. The van der Waals surface area contributed by atoms with Gasteiger partial charge in [0, 0.05) is 27.0 Å². The second-order valence-electron chi connectivity index (χ2n) is 6.92. The smallest absolute Gasteiger partial charge is 0.744 e. The zero-order valence-corrected chi connectivity index (χ0v) is 29.0. The summed E-state index contributed by atoms with van der Waals surface area (Å²) in [4.78, 5) is -1.12. The van der Waals surface area contributed by atoms with E-state index in [1.165, 1.54) is 30.3 Å². The van der Waals surface area contributed by atoms with Crippen LogP contribution in [0.25, 0.3) is 21.5 Å². The van der Waals surface area contributed by atoms with Crippen molar-refractivity contribution >= 4 is 69.5 Å². The molecule has 4 aromatic rings. The van der Waals surface area contributed by atoms with Crippen molar-refractivity contribution in [1.82, 2.24) is 0 Å². The van der Waals surface area contributed by atoms with Crippen LogP contribution in [0.2, 0.25) is 0 Å². The van der Waals surface area contributed by atoms with Crippen molar-refractivity contribution in [2.45, 2.75) is 9.79 Å². The summed E-state index contributed by atoms with van der Waals surface area (Å²) in [5, 5.41) is 19.3. The Balaban J connectivity index is 0.00000193. The zero-order valence-electron chi connectivity index (χ0n) is 20.5. The Morgan fingerprint density at radius 1 is 0.769 bits per heavy atom. The predicted molar refractivity (Wildman–Crippen MR) is 123 cm³/mol. The molecule has 0 aromatic heterocycles. The van der Waals surface area contributed by atoms with Crippen LogP contribution in [0.5, 0.6) is 5.75 Å². The molecule has 13 nitrogen and oxygen atoms in total. The van der Waals surface area contributed by atoms with Gasteiger partial charge < -0.3 is 19.9 Å². The number of benzene rings is 4. The number of azo groups is 1. The van der Waals surface area contributed by atoms with E-state index in [0.717, 1.165) is 24.3 Å². The minimum atomic E-state index is -4.87.